The molecule has 0 spiro atoms. The fraction of sp³-hybridized carbons (Fsp3) is 0.348. The molecule has 0 saturated carbocycles. The molecule has 2 aromatic rings. The average Bonchev–Trinajstić information content (AvgIpc) is 2.86. The molecule has 1 aliphatic rings. The molecule has 8 heteroatoms. The molecule has 31 heavy (non-hydrogen) atoms. The highest BCUT2D eigenvalue weighted by atomic mass is 19.4. The molecule has 0 N–H and O–H groups in total. The molecule has 1 aliphatic heterocycles. The van der Waals surface area contributed by atoms with Gasteiger partial charge in [-0.25, -0.2) is 9.69 Å². The molecule has 0 radical (unpaired) electrons. The SMILES string of the molecule is CC(C)c1ccccc1CN1C(=O)N(c2ccc(C#N)c(C(F)(F)F)c2)C(=O)C1(C)C. The first-order valence-electron chi connectivity index (χ1n) is 9.75. The molecule has 1 saturated heterocycles. The Labute approximate surface area is 178 Å². The van der Waals surface area contributed by atoms with Gasteiger partial charge >= 0.3 is 12.2 Å². The van der Waals surface area contributed by atoms with Crippen LogP contribution in [0.3, 0.4) is 0 Å². The predicted octanol–water partition coefficient (Wildman–Crippen LogP) is 5.45. The lowest BCUT2D eigenvalue weighted by atomic mass is 9.95. The van der Waals surface area contributed by atoms with Crippen LogP contribution in [0, 0.1) is 11.3 Å². The summed E-state index contributed by atoms with van der Waals surface area (Å²) >= 11 is 0. The molecule has 0 unspecified atom stereocenters. The van der Waals surface area contributed by atoms with Crippen LogP contribution in [-0.2, 0) is 17.5 Å². The number of benzene rings is 2. The zero-order valence-electron chi connectivity index (χ0n) is 17.6. The smallest absolute Gasteiger partial charge is 0.305 e. The third-order valence-corrected chi connectivity index (χ3v) is 5.52. The van der Waals surface area contributed by atoms with Crippen molar-refractivity contribution in [3.63, 3.8) is 0 Å². The number of rotatable bonds is 4. The molecule has 3 amide bonds. The second-order valence-electron chi connectivity index (χ2n) is 8.26. The van der Waals surface area contributed by atoms with Crippen LogP contribution >= 0.6 is 0 Å². The Hall–Kier alpha value is -3.34. The summed E-state index contributed by atoms with van der Waals surface area (Å²) in [5, 5.41) is 9.00. The molecule has 0 bridgehead atoms. The fourth-order valence-corrected chi connectivity index (χ4v) is 3.74. The van der Waals surface area contributed by atoms with Crippen molar-refractivity contribution in [1.29, 1.82) is 5.26 Å². The number of carbonyl (C=O) groups excluding carboxylic acids is 2. The number of imide groups is 1. The molecule has 1 heterocycles. The van der Waals surface area contributed by atoms with Gasteiger partial charge in [0.1, 0.15) is 5.54 Å². The number of carbonyl (C=O) groups is 2. The number of nitriles is 1. The number of alkyl halides is 3. The summed E-state index contributed by atoms with van der Waals surface area (Å²) < 4.78 is 40.1. The van der Waals surface area contributed by atoms with Gasteiger partial charge in [-0.1, -0.05) is 38.1 Å². The van der Waals surface area contributed by atoms with Crippen LogP contribution in [0.2, 0.25) is 0 Å². The lowest BCUT2D eigenvalue weighted by molar-refractivity contribution is -0.137. The van der Waals surface area contributed by atoms with E-state index in [0.717, 1.165) is 22.1 Å². The van der Waals surface area contributed by atoms with E-state index in [-0.39, 0.29) is 18.2 Å². The van der Waals surface area contributed by atoms with Gasteiger partial charge in [-0.3, -0.25) is 4.79 Å². The number of nitrogens with zero attached hydrogens (tertiary/aromatic N) is 3. The lowest BCUT2D eigenvalue weighted by Gasteiger charge is -2.29. The second-order valence-corrected chi connectivity index (χ2v) is 8.26. The van der Waals surface area contributed by atoms with Crippen LogP contribution < -0.4 is 4.90 Å². The largest absolute Gasteiger partial charge is 0.417 e. The summed E-state index contributed by atoms with van der Waals surface area (Å²) in [5.74, 6) is -0.436. The van der Waals surface area contributed by atoms with Crippen LogP contribution in [0.15, 0.2) is 42.5 Å². The maximum absolute atomic E-state index is 13.4. The fourth-order valence-electron chi connectivity index (χ4n) is 3.74. The molecule has 3 rings (SSSR count). The minimum absolute atomic E-state index is 0.144. The van der Waals surface area contributed by atoms with Gasteiger partial charge in [-0.05, 0) is 49.1 Å². The Kier molecular flexibility index (Phi) is 5.57. The first-order chi connectivity index (χ1) is 14.4. The van der Waals surface area contributed by atoms with E-state index in [1.165, 1.54) is 17.0 Å². The van der Waals surface area contributed by atoms with Gasteiger partial charge in [0, 0.05) is 6.54 Å². The molecule has 162 valence electrons. The third-order valence-electron chi connectivity index (χ3n) is 5.52. The summed E-state index contributed by atoms with van der Waals surface area (Å²) in [6, 6.07) is 11.2. The van der Waals surface area contributed by atoms with E-state index in [0.29, 0.717) is 6.07 Å². The highest BCUT2D eigenvalue weighted by molar-refractivity contribution is 6.23. The zero-order valence-corrected chi connectivity index (χ0v) is 17.6. The number of amides is 3. The van der Waals surface area contributed by atoms with Crippen molar-refractivity contribution >= 4 is 17.6 Å². The Morgan fingerprint density at radius 3 is 2.32 bits per heavy atom. The molecule has 5 nitrogen and oxygen atoms in total. The van der Waals surface area contributed by atoms with Gasteiger partial charge in [0.05, 0.1) is 22.9 Å². The minimum Gasteiger partial charge on any atom is -0.305 e. The van der Waals surface area contributed by atoms with Crippen LogP contribution in [-0.4, -0.2) is 22.4 Å². The highest BCUT2D eigenvalue weighted by Crippen LogP contribution is 2.38. The van der Waals surface area contributed by atoms with E-state index < -0.39 is 34.8 Å². The second kappa shape index (κ2) is 7.73. The average molecular weight is 429 g/mol. The summed E-state index contributed by atoms with van der Waals surface area (Å²) in [6.45, 7) is 7.31. The summed E-state index contributed by atoms with van der Waals surface area (Å²) in [6.07, 6.45) is -4.79. The lowest BCUT2D eigenvalue weighted by Crippen LogP contribution is -2.43. The highest BCUT2D eigenvalue weighted by Gasteiger charge is 2.52. The summed E-state index contributed by atoms with van der Waals surface area (Å²) in [7, 11) is 0. The number of halogens is 3. The van der Waals surface area contributed by atoms with Crippen molar-refractivity contribution in [1.82, 2.24) is 4.90 Å². The number of urea groups is 1. The van der Waals surface area contributed by atoms with Crippen molar-refractivity contribution in [3.8, 4) is 6.07 Å². The summed E-state index contributed by atoms with van der Waals surface area (Å²) in [4.78, 5) is 28.4. The van der Waals surface area contributed by atoms with Gasteiger partial charge in [-0.2, -0.15) is 18.4 Å². The van der Waals surface area contributed by atoms with Gasteiger partial charge in [-0.15, -0.1) is 0 Å². The maximum Gasteiger partial charge on any atom is 0.417 e. The Balaban J connectivity index is 2.04. The Morgan fingerprint density at radius 1 is 1.10 bits per heavy atom. The Bertz CT molecular complexity index is 1080. The van der Waals surface area contributed by atoms with E-state index in [9.17, 15) is 22.8 Å². The van der Waals surface area contributed by atoms with E-state index in [1.54, 1.807) is 13.8 Å². The summed E-state index contributed by atoms with van der Waals surface area (Å²) in [5.41, 5.74) is -1.34. The quantitative estimate of drug-likeness (QED) is 0.608. The normalized spacial score (nSPS) is 16.2. The van der Waals surface area contributed by atoms with Crippen molar-refractivity contribution < 1.29 is 22.8 Å². The van der Waals surface area contributed by atoms with Crippen molar-refractivity contribution in [2.45, 2.75) is 51.9 Å². The predicted molar refractivity (Wildman–Crippen MR) is 109 cm³/mol. The number of hydrogen-bond donors (Lipinski definition) is 0. The van der Waals surface area contributed by atoms with Gasteiger partial charge in [0.25, 0.3) is 5.91 Å². The molecule has 1 fully saturated rings. The Morgan fingerprint density at radius 2 is 1.74 bits per heavy atom. The minimum atomic E-state index is -4.79. The van der Waals surface area contributed by atoms with Crippen LogP contribution in [0.4, 0.5) is 23.7 Å². The molecule has 0 aromatic heterocycles. The van der Waals surface area contributed by atoms with Crippen molar-refractivity contribution in [3.05, 3.63) is 64.7 Å². The van der Waals surface area contributed by atoms with E-state index in [1.807, 2.05) is 38.1 Å². The first-order valence-corrected chi connectivity index (χ1v) is 9.75. The van der Waals surface area contributed by atoms with Gasteiger partial charge < -0.3 is 4.90 Å². The van der Waals surface area contributed by atoms with Crippen LogP contribution in [0.1, 0.15) is 55.9 Å². The third kappa shape index (κ3) is 3.88. The monoisotopic (exact) mass is 429 g/mol. The topological polar surface area (TPSA) is 64.4 Å². The first kappa shape index (κ1) is 22.3. The van der Waals surface area contributed by atoms with E-state index >= 15 is 0 Å². The van der Waals surface area contributed by atoms with Crippen molar-refractivity contribution in [2.24, 2.45) is 0 Å². The van der Waals surface area contributed by atoms with Crippen molar-refractivity contribution in [2.75, 3.05) is 4.90 Å². The zero-order chi connectivity index (χ0) is 23.1. The van der Waals surface area contributed by atoms with E-state index in [2.05, 4.69) is 0 Å². The molecular weight excluding hydrogens is 407 g/mol. The molecule has 0 aliphatic carbocycles. The van der Waals surface area contributed by atoms with Gasteiger partial charge in [0.15, 0.2) is 0 Å². The van der Waals surface area contributed by atoms with Crippen LogP contribution in [0.5, 0.6) is 0 Å². The maximum atomic E-state index is 13.4. The standard InChI is InChI=1S/C23H22F3N3O2/c1-14(2)18-8-6-5-7-16(18)13-28-21(31)29(20(30)22(28,3)4)17-10-9-15(12-27)19(11-17)23(24,25)26/h5-11,14H,13H2,1-4H3. The van der Waals surface area contributed by atoms with E-state index in [4.69, 9.17) is 5.26 Å². The number of anilines is 1. The van der Waals surface area contributed by atoms with Crippen LogP contribution in [0.25, 0.3) is 0 Å². The molecule has 2 aromatic carbocycles. The van der Waals surface area contributed by atoms with Gasteiger partial charge in [0.2, 0.25) is 0 Å². The molecule has 0 atom stereocenters. The molecular formula is C23H22F3N3O2. The number of hydrogen-bond acceptors (Lipinski definition) is 3.